The molecule has 7 N–H and O–H groups in total. The third kappa shape index (κ3) is 11.5. The smallest absolute Gasteiger partial charge is 0.408 e. The van der Waals surface area contributed by atoms with Gasteiger partial charge in [0.05, 0.1) is 6.61 Å². The molecule has 0 aromatic heterocycles. The lowest BCUT2D eigenvalue weighted by Gasteiger charge is -2.23. The second-order valence-electron chi connectivity index (χ2n) is 6.11. The third-order valence-corrected chi connectivity index (χ3v) is 2.55. The fourth-order valence-corrected chi connectivity index (χ4v) is 1.53. The molecule has 0 heterocycles. The summed E-state index contributed by atoms with van der Waals surface area (Å²) in [6.07, 6.45) is -1.33. The van der Waals surface area contributed by atoms with Gasteiger partial charge in [-0.1, -0.05) is 0 Å². The summed E-state index contributed by atoms with van der Waals surface area (Å²) in [5, 5.41) is 20.3. The first kappa shape index (κ1) is 21.9. The van der Waals surface area contributed by atoms with Gasteiger partial charge in [0.15, 0.2) is 5.96 Å². The Labute approximate surface area is 141 Å². The van der Waals surface area contributed by atoms with E-state index in [-0.39, 0.29) is 25.5 Å². The van der Waals surface area contributed by atoms with Crippen molar-refractivity contribution in [3.8, 4) is 0 Å². The third-order valence-electron chi connectivity index (χ3n) is 2.55. The molecule has 10 heteroatoms. The Morgan fingerprint density at radius 2 is 1.92 bits per heavy atom. The highest BCUT2D eigenvalue weighted by Crippen LogP contribution is 2.08. The molecule has 10 nitrogen and oxygen atoms in total. The molecular formula is C14H28N4O6. The molecule has 0 radical (unpaired) electrons. The van der Waals surface area contributed by atoms with Crippen molar-refractivity contribution in [1.82, 2.24) is 5.32 Å². The number of ether oxygens (including phenoxy) is 2. The number of carbonyl (C=O) groups excluding carboxylic acids is 2. The number of hydrogen-bond acceptors (Lipinski definition) is 7. The van der Waals surface area contributed by atoms with E-state index >= 15 is 0 Å². The van der Waals surface area contributed by atoms with Crippen LogP contribution >= 0.6 is 0 Å². The van der Waals surface area contributed by atoms with Crippen molar-refractivity contribution in [2.24, 2.45) is 16.5 Å². The minimum atomic E-state index is -1.18. The minimum absolute atomic E-state index is 0.0692. The SMILES string of the molecule is CC(C)(C)OC(=O)N[C@@H](CCCN=C(N)N)C(=O)OC[C@@H](O)CO. The topological polar surface area (TPSA) is 169 Å². The van der Waals surface area contributed by atoms with Gasteiger partial charge in [-0.2, -0.15) is 0 Å². The quantitative estimate of drug-likeness (QED) is 0.150. The molecule has 0 unspecified atom stereocenters. The van der Waals surface area contributed by atoms with Crippen molar-refractivity contribution >= 4 is 18.0 Å². The zero-order valence-electron chi connectivity index (χ0n) is 14.3. The average Bonchev–Trinajstić information content (AvgIpc) is 2.45. The summed E-state index contributed by atoms with van der Waals surface area (Å²) >= 11 is 0. The first-order valence-electron chi connectivity index (χ1n) is 7.55. The summed E-state index contributed by atoms with van der Waals surface area (Å²) in [5.74, 6) is -0.821. The lowest BCUT2D eigenvalue weighted by atomic mass is 10.1. The molecule has 1 amide bonds. The maximum Gasteiger partial charge on any atom is 0.408 e. The summed E-state index contributed by atoms with van der Waals surface area (Å²) < 4.78 is 9.96. The largest absolute Gasteiger partial charge is 0.461 e. The van der Waals surface area contributed by atoms with Crippen LogP contribution in [0.2, 0.25) is 0 Å². The summed E-state index contributed by atoms with van der Waals surface area (Å²) in [5.41, 5.74) is 9.70. The second-order valence-corrected chi connectivity index (χ2v) is 6.11. The van der Waals surface area contributed by atoms with Crippen molar-refractivity contribution in [1.29, 1.82) is 0 Å². The first-order valence-corrected chi connectivity index (χ1v) is 7.55. The van der Waals surface area contributed by atoms with Crippen molar-refractivity contribution in [3.05, 3.63) is 0 Å². The van der Waals surface area contributed by atoms with E-state index in [9.17, 15) is 14.7 Å². The predicted octanol–water partition coefficient (Wildman–Crippen LogP) is -1.17. The highest BCUT2D eigenvalue weighted by atomic mass is 16.6. The summed E-state index contributed by atoms with van der Waals surface area (Å²) in [6.45, 7) is 4.43. The molecule has 0 aromatic rings. The standard InChI is InChI=1S/C14H28N4O6/c1-14(2,3)24-13(22)18-10(5-4-6-17-12(15)16)11(21)23-8-9(20)7-19/h9-10,19-20H,4-8H2,1-3H3,(H,18,22)(H4,15,16,17)/t9-,10-/m0/s1. The Morgan fingerprint density at radius 3 is 2.42 bits per heavy atom. The van der Waals surface area contributed by atoms with Gasteiger partial charge in [0.25, 0.3) is 0 Å². The number of guanidine groups is 1. The fraction of sp³-hybridized carbons (Fsp3) is 0.786. The van der Waals surface area contributed by atoms with Crippen LogP contribution in [0.5, 0.6) is 0 Å². The Hall–Kier alpha value is -2.07. The van der Waals surface area contributed by atoms with Gasteiger partial charge in [-0.15, -0.1) is 0 Å². The zero-order valence-corrected chi connectivity index (χ0v) is 14.3. The lowest BCUT2D eigenvalue weighted by molar-refractivity contribution is -0.150. The van der Waals surface area contributed by atoms with Crippen LogP contribution in [-0.4, -0.2) is 65.7 Å². The van der Waals surface area contributed by atoms with E-state index in [1.807, 2.05) is 0 Å². The number of hydrogen-bond donors (Lipinski definition) is 5. The molecule has 24 heavy (non-hydrogen) atoms. The number of alkyl carbamates (subject to hydrolysis) is 1. The molecule has 0 aliphatic rings. The van der Waals surface area contributed by atoms with E-state index in [1.165, 1.54) is 0 Å². The molecule has 0 spiro atoms. The number of aliphatic imine (C=N–C) groups is 1. The second kappa shape index (κ2) is 10.7. The van der Waals surface area contributed by atoms with E-state index in [0.29, 0.717) is 6.42 Å². The molecule has 0 saturated carbocycles. The number of nitrogens with two attached hydrogens (primary N) is 2. The van der Waals surface area contributed by atoms with Gasteiger partial charge in [0.1, 0.15) is 24.4 Å². The number of esters is 1. The summed E-state index contributed by atoms with van der Waals surface area (Å²) in [7, 11) is 0. The molecule has 2 atom stereocenters. The molecule has 0 fully saturated rings. The van der Waals surface area contributed by atoms with E-state index in [1.54, 1.807) is 20.8 Å². The van der Waals surface area contributed by atoms with Crippen LogP contribution < -0.4 is 16.8 Å². The molecular weight excluding hydrogens is 320 g/mol. The van der Waals surface area contributed by atoms with E-state index in [2.05, 4.69) is 10.3 Å². The normalized spacial score (nSPS) is 13.5. The van der Waals surface area contributed by atoms with E-state index < -0.39 is 36.4 Å². The van der Waals surface area contributed by atoms with Crippen molar-refractivity contribution in [2.45, 2.75) is 51.4 Å². The number of aliphatic hydroxyl groups is 2. The Balaban J connectivity index is 4.65. The van der Waals surface area contributed by atoms with Crippen LogP contribution in [0.15, 0.2) is 4.99 Å². The number of rotatable bonds is 9. The van der Waals surface area contributed by atoms with E-state index in [0.717, 1.165) is 0 Å². The number of aliphatic hydroxyl groups excluding tert-OH is 2. The van der Waals surface area contributed by atoms with Crippen LogP contribution in [-0.2, 0) is 14.3 Å². The highest BCUT2D eigenvalue weighted by molar-refractivity contribution is 5.81. The molecule has 0 bridgehead atoms. The monoisotopic (exact) mass is 348 g/mol. The molecule has 0 aliphatic carbocycles. The Kier molecular flexibility index (Phi) is 9.74. The van der Waals surface area contributed by atoms with Gasteiger partial charge < -0.3 is 36.5 Å². The molecule has 0 aliphatic heterocycles. The van der Waals surface area contributed by atoms with Gasteiger partial charge >= 0.3 is 12.1 Å². The van der Waals surface area contributed by atoms with Crippen LogP contribution in [0.25, 0.3) is 0 Å². The zero-order chi connectivity index (χ0) is 18.8. The van der Waals surface area contributed by atoms with Crippen LogP contribution in [0, 0.1) is 0 Å². The maximum atomic E-state index is 12.0. The number of amides is 1. The van der Waals surface area contributed by atoms with Crippen molar-refractivity contribution in [3.63, 3.8) is 0 Å². The van der Waals surface area contributed by atoms with Gasteiger partial charge in [-0.05, 0) is 33.6 Å². The number of carbonyl (C=O) groups is 2. The fourth-order valence-electron chi connectivity index (χ4n) is 1.53. The van der Waals surface area contributed by atoms with E-state index in [4.69, 9.17) is 26.0 Å². The summed E-state index contributed by atoms with van der Waals surface area (Å²) in [4.78, 5) is 27.6. The predicted molar refractivity (Wildman–Crippen MR) is 87.1 cm³/mol. The average molecular weight is 348 g/mol. The van der Waals surface area contributed by atoms with Gasteiger partial charge in [-0.3, -0.25) is 4.99 Å². The Bertz CT molecular complexity index is 431. The number of nitrogens with one attached hydrogen (secondary N) is 1. The van der Waals surface area contributed by atoms with Crippen molar-refractivity contribution < 1.29 is 29.3 Å². The highest BCUT2D eigenvalue weighted by Gasteiger charge is 2.25. The van der Waals surface area contributed by atoms with Gasteiger partial charge in [0.2, 0.25) is 0 Å². The Morgan fingerprint density at radius 1 is 1.29 bits per heavy atom. The van der Waals surface area contributed by atoms with Crippen LogP contribution in [0.1, 0.15) is 33.6 Å². The molecule has 0 rings (SSSR count). The maximum absolute atomic E-state index is 12.0. The molecule has 140 valence electrons. The minimum Gasteiger partial charge on any atom is -0.461 e. The molecule has 0 aromatic carbocycles. The van der Waals surface area contributed by atoms with Crippen LogP contribution in [0.3, 0.4) is 0 Å². The van der Waals surface area contributed by atoms with Crippen molar-refractivity contribution in [2.75, 3.05) is 19.8 Å². The number of nitrogens with zero attached hydrogens (tertiary/aromatic N) is 1. The van der Waals surface area contributed by atoms with Crippen LogP contribution in [0.4, 0.5) is 4.79 Å². The van der Waals surface area contributed by atoms with Gasteiger partial charge in [0, 0.05) is 6.54 Å². The lowest BCUT2D eigenvalue weighted by Crippen LogP contribution is -2.45. The van der Waals surface area contributed by atoms with Gasteiger partial charge in [-0.25, -0.2) is 9.59 Å². The first-order chi connectivity index (χ1) is 11.0. The molecule has 0 saturated heterocycles. The summed E-state index contributed by atoms with van der Waals surface area (Å²) in [6, 6.07) is -0.986.